The fraction of sp³-hybridized carbons (Fsp3) is 0.300. The predicted molar refractivity (Wildman–Crippen MR) is 68.6 cm³/mol. The Morgan fingerprint density at radius 1 is 1.33 bits per heavy atom. The zero-order valence-corrected chi connectivity index (χ0v) is 11.6. The third-order valence-electron chi connectivity index (χ3n) is 2.10. The molecule has 1 aliphatic heterocycles. The molecule has 5 heteroatoms. The van der Waals surface area contributed by atoms with Crippen LogP contribution in [0.25, 0.3) is 0 Å². The monoisotopic (exact) mass is 351 g/mol. The topological polar surface area (TPSA) is 21.6 Å². The summed E-state index contributed by atoms with van der Waals surface area (Å²) in [6.45, 7) is 0. The number of alkyl halides is 1. The van der Waals surface area contributed by atoms with Crippen molar-refractivity contribution in [2.45, 2.75) is 12.5 Å². The number of hydrogen-bond donors (Lipinski definition) is 0. The van der Waals surface area contributed by atoms with E-state index in [9.17, 15) is 0 Å². The number of halogens is 3. The molecule has 0 radical (unpaired) electrons. The van der Waals surface area contributed by atoms with Gasteiger partial charge in [-0.15, -0.1) is 11.6 Å². The van der Waals surface area contributed by atoms with Crippen molar-refractivity contribution in [3.63, 3.8) is 0 Å². The Hall–Kier alpha value is -0.0600. The van der Waals surface area contributed by atoms with Crippen molar-refractivity contribution in [1.82, 2.24) is 0 Å². The average molecular weight is 353 g/mol. The number of hydrogen-bond acceptors (Lipinski definition) is 2. The second-order valence-corrected chi connectivity index (χ2v) is 5.42. The minimum Gasteiger partial charge on any atom is -0.391 e. The number of benzene rings is 1. The van der Waals surface area contributed by atoms with Crippen LogP contribution in [0.2, 0.25) is 0 Å². The van der Waals surface area contributed by atoms with Crippen LogP contribution in [0.3, 0.4) is 0 Å². The lowest BCUT2D eigenvalue weighted by molar-refractivity contribution is 0.102. The van der Waals surface area contributed by atoms with Gasteiger partial charge in [0.15, 0.2) is 0 Å². The maximum Gasteiger partial charge on any atom is 0.146 e. The van der Waals surface area contributed by atoms with Crippen molar-refractivity contribution in [1.29, 1.82) is 0 Å². The third-order valence-corrected chi connectivity index (χ3v) is 3.36. The summed E-state index contributed by atoms with van der Waals surface area (Å²) in [6.07, 6.45) is 0.784. The van der Waals surface area contributed by atoms with Crippen LogP contribution < -0.4 is 0 Å². The molecule has 0 fully saturated rings. The summed E-state index contributed by atoms with van der Waals surface area (Å²) < 4.78 is 2.03. The molecule has 2 rings (SSSR count). The smallest absolute Gasteiger partial charge is 0.146 e. The Bertz CT molecular complexity index is 388. The predicted octanol–water partition coefficient (Wildman–Crippen LogP) is 3.94. The van der Waals surface area contributed by atoms with Gasteiger partial charge in [0.05, 0.1) is 11.6 Å². The molecule has 0 spiro atoms. The third kappa shape index (κ3) is 2.74. The van der Waals surface area contributed by atoms with E-state index in [0.29, 0.717) is 5.88 Å². The highest BCUT2D eigenvalue weighted by molar-refractivity contribution is 9.11. The van der Waals surface area contributed by atoms with Gasteiger partial charge in [0.25, 0.3) is 0 Å². The first-order valence-corrected chi connectivity index (χ1v) is 6.56. The molecule has 0 saturated heterocycles. The van der Waals surface area contributed by atoms with Crippen LogP contribution in [0.15, 0.2) is 32.3 Å². The van der Waals surface area contributed by atoms with Gasteiger partial charge in [-0.05, 0) is 18.2 Å². The average Bonchev–Trinajstić information content (AvgIpc) is 2.64. The molecule has 0 amide bonds. The van der Waals surface area contributed by atoms with Crippen LogP contribution in [0.5, 0.6) is 0 Å². The van der Waals surface area contributed by atoms with Gasteiger partial charge in [-0.25, -0.2) is 0 Å². The molecular formula is C10H8Br2ClNO. The van der Waals surface area contributed by atoms with Crippen molar-refractivity contribution in [3.8, 4) is 0 Å². The van der Waals surface area contributed by atoms with Crippen LogP contribution in [-0.2, 0) is 4.84 Å². The molecule has 1 unspecified atom stereocenters. The second-order valence-electron chi connectivity index (χ2n) is 3.28. The zero-order chi connectivity index (χ0) is 10.8. The lowest BCUT2D eigenvalue weighted by atomic mass is 10.1. The summed E-state index contributed by atoms with van der Waals surface area (Å²) in [7, 11) is 0. The molecule has 0 aliphatic carbocycles. The van der Waals surface area contributed by atoms with Gasteiger partial charge in [-0.3, -0.25) is 0 Å². The van der Waals surface area contributed by atoms with E-state index >= 15 is 0 Å². The maximum atomic E-state index is 5.71. The van der Waals surface area contributed by atoms with Crippen LogP contribution in [0, 0.1) is 0 Å². The van der Waals surface area contributed by atoms with Gasteiger partial charge in [0, 0.05) is 20.9 Å². The maximum absolute atomic E-state index is 5.71. The van der Waals surface area contributed by atoms with Crippen LogP contribution >= 0.6 is 43.5 Å². The molecule has 2 nitrogen and oxygen atoms in total. The summed E-state index contributed by atoms with van der Waals surface area (Å²) >= 11 is 12.6. The van der Waals surface area contributed by atoms with Crippen molar-refractivity contribution in [2.75, 3.05) is 5.88 Å². The fourth-order valence-electron chi connectivity index (χ4n) is 1.40. The fourth-order valence-corrected chi connectivity index (χ4v) is 2.86. The molecule has 1 heterocycles. The first kappa shape index (κ1) is 11.4. The minimum absolute atomic E-state index is 0.0134. The van der Waals surface area contributed by atoms with E-state index in [-0.39, 0.29) is 6.10 Å². The van der Waals surface area contributed by atoms with Crippen molar-refractivity contribution in [3.05, 3.63) is 32.7 Å². The highest BCUT2D eigenvalue weighted by Crippen LogP contribution is 2.24. The summed E-state index contributed by atoms with van der Waals surface area (Å²) in [5.41, 5.74) is 2.01. The first-order chi connectivity index (χ1) is 7.19. The Kier molecular flexibility index (Phi) is 3.69. The Morgan fingerprint density at radius 2 is 2.00 bits per heavy atom. The van der Waals surface area contributed by atoms with E-state index in [4.69, 9.17) is 16.4 Å². The Morgan fingerprint density at radius 3 is 2.53 bits per heavy atom. The molecule has 0 bridgehead atoms. The Balaban J connectivity index is 2.24. The zero-order valence-electron chi connectivity index (χ0n) is 7.71. The van der Waals surface area contributed by atoms with Gasteiger partial charge in [0.2, 0.25) is 0 Å². The van der Waals surface area contributed by atoms with Gasteiger partial charge < -0.3 is 4.84 Å². The second kappa shape index (κ2) is 4.85. The standard InChI is InChI=1S/C10H8Br2ClNO/c11-7-1-6(2-8(12)3-7)10-4-9(5-13)15-14-10/h1-3,9H,4-5H2. The molecule has 80 valence electrons. The molecule has 1 aliphatic rings. The van der Waals surface area contributed by atoms with E-state index in [1.165, 1.54) is 0 Å². The van der Waals surface area contributed by atoms with Crippen LogP contribution in [0.4, 0.5) is 0 Å². The highest BCUT2D eigenvalue weighted by Gasteiger charge is 2.21. The Labute approximate surface area is 110 Å². The quantitative estimate of drug-likeness (QED) is 0.738. The summed E-state index contributed by atoms with van der Waals surface area (Å²) in [5.74, 6) is 0.474. The number of rotatable bonds is 2. The van der Waals surface area contributed by atoms with E-state index in [1.54, 1.807) is 0 Å². The number of nitrogens with zero attached hydrogens (tertiary/aromatic N) is 1. The van der Waals surface area contributed by atoms with Gasteiger partial charge in [-0.1, -0.05) is 37.0 Å². The largest absolute Gasteiger partial charge is 0.391 e. The van der Waals surface area contributed by atoms with Crippen molar-refractivity contribution in [2.24, 2.45) is 5.16 Å². The van der Waals surface area contributed by atoms with Gasteiger partial charge in [0.1, 0.15) is 6.10 Å². The molecule has 1 aromatic carbocycles. The van der Waals surface area contributed by atoms with Crippen LogP contribution in [-0.4, -0.2) is 17.7 Å². The lowest BCUT2D eigenvalue weighted by Crippen LogP contribution is -2.09. The molecule has 1 aromatic rings. The molecule has 0 aromatic heterocycles. The van der Waals surface area contributed by atoms with E-state index in [2.05, 4.69) is 37.0 Å². The molecule has 15 heavy (non-hydrogen) atoms. The van der Waals surface area contributed by atoms with Crippen LogP contribution in [0.1, 0.15) is 12.0 Å². The minimum atomic E-state index is 0.0134. The highest BCUT2D eigenvalue weighted by atomic mass is 79.9. The van der Waals surface area contributed by atoms with E-state index in [1.807, 2.05) is 18.2 Å². The normalized spacial score (nSPS) is 19.9. The molecular weight excluding hydrogens is 345 g/mol. The molecule has 0 N–H and O–H groups in total. The number of oxime groups is 1. The first-order valence-electron chi connectivity index (χ1n) is 4.44. The van der Waals surface area contributed by atoms with Crippen molar-refractivity contribution < 1.29 is 4.84 Å². The molecule has 0 saturated carbocycles. The summed E-state index contributed by atoms with van der Waals surface area (Å²) in [4.78, 5) is 5.17. The summed E-state index contributed by atoms with van der Waals surface area (Å²) in [6, 6.07) is 6.02. The summed E-state index contributed by atoms with van der Waals surface area (Å²) in [5, 5.41) is 4.03. The lowest BCUT2D eigenvalue weighted by Gasteiger charge is -2.02. The molecule has 1 atom stereocenters. The SMILES string of the molecule is ClCC1CC(c2cc(Br)cc(Br)c2)=NO1. The van der Waals surface area contributed by atoms with E-state index in [0.717, 1.165) is 26.6 Å². The van der Waals surface area contributed by atoms with E-state index < -0.39 is 0 Å². The van der Waals surface area contributed by atoms with Gasteiger partial charge in [-0.2, -0.15) is 0 Å². The van der Waals surface area contributed by atoms with Crippen molar-refractivity contribution >= 4 is 49.2 Å². The van der Waals surface area contributed by atoms with Gasteiger partial charge >= 0.3 is 0 Å².